The van der Waals surface area contributed by atoms with Crippen molar-refractivity contribution in [1.82, 2.24) is 9.78 Å². The summed E-state index contributed by atoms with van der Waals surface area (Å²) in [6.45, 7) is 0.660. The molecule has 2 aromatic carbocycles. The minimum Gasteiger partial charge on any atom is -0.384 e. The van der Waals surface area contributed by atoms with Crippen molar-refractivity contribution in [1.29, 1.82) is 0 Å². The highest BCUT2D eigenvalue weighted by molar-refractivity contribution is 6.30. The van der Waals surface area contributed by atoms with Crippen molar-refractivity contribution in [3.8, 4) is 11.3 Å². The summed E-state index contributed by atoms with van der Waals surface area (Å²) in [4.78, 5) is 0. The number of nitrogens with zero attached hydrogens (tertiary/aromatic N) is 2. The fourth-order valence-corrected chi connectivity index (χ4v) is 2.29. The Hall–Kier alpha value is -2.26. The first-order valence-corrected chi connectivity index (χ1v) is 6.73. The average molecular weight is 284 g/mol. The van der Waals surface area contributed by atoms with Gasteiger partial charge in [-0.15, -0.1) is 0 Å². The second kappa shape index (κ2) is 5.39. The van der Waals surface area contributed by atoms with Gasteiger partial charge >= 0.3 is 0 Å². The van der Waals surface area contributed by atoms with E-state index in [0.717, 1.165) is 11.3 Å². The quantitative estimate of drug-likeness (QED) is 0.794. The molecule has 0 bridgehead atoms. The van der Waals surface area contributed by atoms with Crippen LogP contribution in [0.1, 0.15) is 5.56 Å². The zero-order chi connectivity index (χ0) is 13.9. The topological polar surface area (TPSA) is 43.8 Å². The van der Waals surface area contributed by atoms with Crippen LogP contribution in [0.3, 0.4) is 0 Å². The van der Waals surface area contributed by atoms with Gasteiger partial charge in [0.2, 0.25) is 0 Å². The molecule has 1 aromatic heterocycles. The lowest BCUT2D eigenvalue weighted by Crippen LogP contribution is -2.05. The highest BCUT2D eigenvalue weighted by Crippen LogP contribution is 2.23. The number of aromatic nitrogens is 2. The van der Waals surface area contributed by atoms with Crippen LogP contribution in [0.4, 0.5) is 5.82 Å². The number of nitrogen functional groups attached to an aromatic ring is 1. The molecule has 0 aliphatic heterocycles. The van der Waals surface area contributed by atoms with Gasteiger partial charge in [0.25, 0.3) is 0 Å². The van der Waals surface area contributed by atoms with Crippen LogP contribution in [0, 0.1) is 0 Å². The van der Waals surface area contributed by atoms with Gasteiger partial charge in [-0.25, -0.2) is 4.68 Å². The van der Waals surface area contributed by atoms with E-state index in [2.05, 4.69) is 17.2 Å². The summed E-state index contributed by atoms with van der Waals surface area (Å²) in [7, 11) is 0. The Bertz CT molecular complexity index is 720. The van der Waals surface area contributed by atoms with Crippen molar-refractivity contribution >= 4 is 17.4 Å². The van der Waals surface area contributed by atoms with Crippen LogP contribution in [-0.2, 0) is 6.54 Å². The Morgan fingerprint density at radius 1 is 1.00 bits per heavy atom. The van der Waals surface area contributed by atoms with Gasteiger partial charge in [-0.05, 0) is 17.7 Å². The van der Waals surface area contributed by atoms with Crippen molar-refractivity contribution in [3.05, 3.63) is 71.2 Å². The molecule has 0 saturated heterocycles. The predicted molar refractivity (Wildman–Crippen MR) is 82.6 cm³/mol. The fraction of sp³-hybridized carbons (Fsp3) is 0.0625. The number of hydrogen-bond donors (Lipinski definition) is 1. The van der Waals surface area contributed by atoms with Crippen LogP contribution in [0.2, 0.25) is 5.02 Å². The molecule has 3 rings (SSSR count). The fourth-order valence-electron chi connectivity index (χ4n) is 2.10. The highest BCUT2D eigenvalue weighted by Gasteiger charge is 2.08. The number of anilines is 1. The van der Waals surface area contributed by atoms with Gasteiger partial charge in [0.15, 0.2) is 0 Å². The molecule has 3 aromatic rings. The average Bonchev–Trinajstić information content (AvgIpc) is 2.81. The van der Waals surface area contributed by atoms with Gasteiger partial charge < -0.3 is 5.73 Å². The van der Waals surface area contributed by atoms with Crippen molar-refractivity contribution in [2.75, 3.05) is 5.73 Å². The predicted octanol–water partition coefficient (Wildman–Crippen LogP) is 3.83. The maximum absolute atomic E-state index is 6.03. The zero-order valence-electron chi connectivity index (χ0n) is 10.8. The molecule has 3 nitrogen and oxygen atoms in total. The summed E-state index contributed by atoms with van der Waals surface area (Å²) in [5.74, 6) is 0.642. The van der Waals surface area contributed by atoms with Crippen LogP contribution in [0.15, 0.2) is 60.7 Å². The normalized spacial score (nSPS) is 10.7. The van der Waals surface area contributed by atoms with Gasteiger partial charge in [0, 0.05) is 16.7 Å². The third-order valence-electron chi connectivity index (χ3n) is 3.11. The molecule has 4 heteroatoms. The molecule has 0 spiro atoms. The number of rotatable bonds is 3. The number of hydrogen-bond acceptors (Lipinski definition) is 2. The SMILES string of the molecule is Nc1cc(-c2cccc(Cl)c2)nn1Cc1ccccc1. The minimum absolute atomic E-state index is 0.642. The van der Waals surface area contributed by atoms with Gasteiger partial charge in [-0.3, -0.25) is 0 Å². The van der Waals surface area contributed by atoms with Gasteiger partial charge in [0.05, 0.1) is 12.2 Å². The second-order valence-corrected chi connectivity index (χ2v) is 5.04. The van der Waals surface area contributed by atoms with Crippen LogP contribution >= 0.6 is 11.6 Å². The molecule has 0 aliphatic rings. The van der Waals surface area contributed by atoms with Gasteiger partial charge in [-0.1, -0.05) is 54.1 Å². The van der Waals surface area contributed by atoms with Gasteiger partial charge in [-0.2, -0.15) is 5.10 Å². The molecular weight excluding hydrogens is 270 g/mol. The van der Waals surface area contributed by atoms with E-state index in [1.165, 1.54) is 5.56 Å². The van der Waals surface area contributed by atoms with Crippen LogP contribution in [-0.4, -0.2) is 9.78 Å². The molecule has 20 heavy (non-hydrogen) atoms. The Kier molecular flexibility index (Phi) is 3.44. The maximum atomic E-state index is 6.03. The molecule has 2 N–H and O–H groups in total. The lowest BCUT2D eigenvalue weighted by atomic mass is 10.1. The van der Waals surface area contributed by atoms with E-state index in [1.54, 1.807) is 4.68 Å². The van der Waals surface area contributed by atoms with Crippen molar-refractivity contribution in [2.24, 2.45) is 0 Å². The molecular formula is C16H14ClN3. The molecule has 0 saturated carbocycles. The second-order valence-electron chi connectivity index (χ2n) is 4.61. The van der Waals surface area contributed by atoms with Gasteiger partial charge in [0.1, 0.15) is 5.82 Å². The monoisotopic (exact) mass is 283 g/mol. The number of nitrogens with two attached hydrogens (primary N) is 1. The smallest absolute Gasteiger partial charge is 0.122 e. The molecule has 0 unspecified atom stereocenters. The molecule has 0 atom stereocenters. The molecule has 0 radical (unpaired) electrons. The summed E-state index contributed by atoms with van der Waals surface area (Å²) in [5, 5.41) is 5.24. The lowest BCUT2D eigenvalue weighted by molar-refractivity contribution is 0.700. The maximum Gasteiger partial charge on any atom is 0.122 e. The van der Waals surface area contributed by atoms with E-state index in [1.807, 2.05) is 48.5 Å². The minimum atomic E-state index is 0.642. The van der Waals surface area contributed by atoms with Crippen LogP contribution in [0.25, 0.3) is 11.3 Å². The lowest BCUT2D eigenvalue weighted by Gasteiger charge is -2.03. The summed E-state index contributed by atoms with van der Waals surface area (Å²) >= 11 is 6.01. The van der Waals surface area contributed by atoms with E-state index in [0.29, 0.717) is 17.4 Å². The largest absolute Gasteiger partial charge is 0.384 e. The Morgan fingerprint density at radius 2 is 1.80 bits per heavy atom. The van der Waals surface area contributed by atoms with Crippen LogP contribution in [0.5, 0.6) is 0 Å². The van der Waals surface area contributed by atoms with E-state index in [4.69, 9.17) is 17.3 Å². The molecule has 1 heterocycles. The first-order valence-electron chi connectivity index (χ1n) is 6.35. The first kappa shape index (κ1) is 12.8. The van der Waals surface area contributed by atoms with E-state index < -0.39 is 0 Å². The summed E-state index contributed by atoms with van der Waals surface area (Å²) in [6, 6.07) is 19.6. The third kappa shape index (κ3) is 2.68. The Morgan fingerprint density at radius 3 is 2.55 bits per heavy atom. The van der Waals surface area contributed by atoms with E-state index >= 15 is 0 Å². The van der Waals surface area contributed by atoms with Crippen molar-refractivity contribution in [3.63, 3.8) is 0 Å². The highest BCUT2D eigenvalue weighted by atomic mass is 35.5. The first-order chi connectivity index (χ1) is 9.72. The van der Waals surface area contributed by atoms with E-state index in [-0.39, 0.29) is 0 Å². The Balaban J connectivity index is 1.91. The molecule has 0 aliphatic carbocycles. The van der Waals surface area contributed by atoms with E-state index in [9.17, 15) is 0 Å². The third-order valence-corrected chi connectivity index (χ3v) is 3.34. The molecule has 100 valence electrons. The number of halogens is 1. The summed E-state index contributed by atoms with van der Waals surface area (Å²) in [5.41, 5.74) is 9.00. The van der Waals surface area contributed by atoms with Crippen molar-refractivity contribution in [2.45, 2.75) is 6.54 Å². The Labute approximate surface area is 122 Å². The number of benzene rings is 2. The zero-order valence-corrected chi connectivity index (χ0v) is 11.6. The standard InChI is InChI=1S/C16H14ClN3/c17-14-8-4-7-13(9-14)15-10-16(18)20(19-15)11-12-5-2-1-3-6-12/h1-10H,11,18H2. The molecule has 0 amide bonds. The molecule has 0 fully saturated rings. The van der Waals surface area contributed by atoms with Crippen LogP contribution < -0.4 is 5.73 Å². The van der Waals surface area contributed by atoms with Crippen molar-refractivity contribution < 1.29 is 0 Å². The summed E-state index contributed by atoms with van der Waals surface area (Å²) in [6.07, 6.45) is 0. The summed E-state index contributed by atoms with van der Waals surface area (Å²) < 4.78 is 1.80.